The molecule has 6 nitrogen and oxygen atoms in total. The van der Waals surface area contributed by atoms with Crippen LogP contribution in [-0.4, -0.2) is 27.4 Å². The first kappa shape index (κ1) is 22.8. The molecule has 0 saturated carbocycles. The number of carbonyl (C=O) groups excluding carboxylic acids is 2. The highest BCUT2D eigenvalue weighted by Crippen LogP contribution is 2.49. The summed E-state index contributed by atoms with van der Waals surface area (Å²) >= 11 is 2.88. The van der Waals surface area contributed by atoms with Crippen LogP contribution in [0.4, 0.5) is 11.4 Å². The molecule has 3 aromatic rings. The number of aryl methyl sites for hydroxylation is 1. The number of Topliss-reactive ketones (excluding diaryl/α,β-unsaturated/α-hetero) is 1. The first-order chi connectivity index (χ1) is 16.3. The highest BCUT2D eigenvalue weighted by molar-refractivity contribution is 7.99. The molecular formula is C26H26N4O2S2. The number of para-hydroxylation sites is 2. The van der Waals surface area contributed by atoms with Crippen molar-refractivity contribution in [3.63, 3.8) is 0 Å². The molecule has 0 radical (unpaired) electrons. The number of amides is 1. The van der Waals surface area contributed by atoms with Gasteiger partial charge in [0.05, 0.1) is 17.1 Å². The maximum absolute atomic E-state index is 13.9. The zero-order chi connectivity index (χ0) is 23.9. The van der Waals surface area contributed by atoms with Crippen molar-refractivity contribution in [1.82, 2.24) is 9.97 Å². The van der Waals surface area contributed by atoms with Gasteiger partial charge in [-0.15, -0.1) is 11.3 Å². The second kappa shape index (κ2) is 9.00. The smallest absolute Gasteiger partial charge is 0.238 e. The lowest BCUT2D eigenvalue weighted by molar-refractivity contribution is -0.118. The van der Waals surface area contributed by atoms with Gasteiger partial charge in [0.2, 0.25) is 5.91 Å². The predicted octanol–water partition coefficient (Wildman–Crippen LogP) is 5.78. The molecule has 0 saturated heterocycles. The summed E-state index contributed by atoms with van der Waals surface area (Å²) in [4.78, 5) is 39.0. The molecular weight excluding hydrogens is 464 g/mol. The molecule has 1 aromatic carbocycles. The molecule has 34 heavy (non-hydrogen) atoms. The summed E-state index contributed by atoms with van der Waals surface area (Å²) < 4.78 is 0. The van der Waals surface area contributed by atoms with Crippen LogP contribution in [0.3, 0.4) is 0 Å². The van der Waals surface area contributed by atoms with E-state index in [1.54, 1.807) is 22.4 Å². The largest absolute Gasteiger partial charge is 0.357 e. The van der Waals surface area contributed by atoms with E-state index in [1.165, 1.54) is 11.8 Å². The van der Waals surface area contributed by atoms with Gasteiger partial charge in [-0.2, -0.15) is 0 Å². The fourth-order valence-corrected chi connectivity index (χ4v) is 6.23. The second-order valence-corrected chi connectivity index (χ2v) is 11.3. The topological polar surface area (TPSA) is 75.2 Å². The van der Waals surface area contributed by atoms with E-state index in [-0.39, 0.29) is 22.9 Å². The lowest BCUT2D eigenvalue weighted by atomic mass is 9.74. The van der Waals surface area contributed by atoms with Crippen molar-refractivity contribution in [1.29, 1.82) is 0 Å². The zero-order valence-electron chi connectivity index (χ0n) is 19.4. The number of carbonyl (C=O) groups is 2. The van der Waals surface area contributed by atoms with Crippen LogP contribution >= 0.6 is 23.1 Å². The quantitative estimate of drug-likeness (QED) is 0.369. The first-order valence-corrected chi connectivity index (χ1v) is 13.1. The average Bonchev–Trinajstić information content (AvgIpc) is 3.26. The number of allylic oxidation sites excluding steroid dienone is 1. The molecule has 0 spiro atoms. The van der Waals surface area contributed by atoms with Gasteiger partial charge in [-0.05, 0) is 48.4 Å². The minimum atomic E-state index is -0.471. The van der Waals surface area contributed by atoms with Gasteiger partial charge in [0.25, 0.3) is 0 Å². The van der Waals surface area contributed by atoms with E-state index in [2.05, 4.69) is 29.1 Å². The molecule has 5 rings (SSSR count). The molecule has 2 aromatic heterocycles. The van der Waals surface area contributed by atoms with E-state index in [1.807, 2.05) is 54.8 Å². The number of rotatable bonds is 4. The second-order valence-electron chi connectivity index (χ2n) is 9.43. The number of nitrogens with zero attached hydrogens (tertiary/aromatic N) is 3. The van der Waals surface area contributed by atoms with Crippen molar-refractivity contribution >= 4 is 46.2 Å². The fourth-order valence-electron chi connectivity index (χ4n) is 4.67. The van der Waals surface area contributed by atoms with Gasteiger partial charge in [-0.1, -0.05) is 43.8 Å². The van der Waals surface area contributed by atoms with E-state index in [9.17, 15) is 9.59 Å². The monoisotopic (exact) mass is 490 g/mol. The Morgan fingerprint density at radius 1 is 1.21 bits per heavy atom. The van der Waals surface area contributed by atoms with Gasteiger partial charge in [-0.3, -0.25) is 14.5 Å². The van der Waals surface area contributed by atoms with Crippen molar-refractivity contribution in [2.45, 2.75) is 44.8 Å². The van der Waals surface area contributed by atoms with Crippen molar-refractivity contribution in [2.24, 2.45) is 5.41 Å². The average molecular weight is 491 g/mol. The lowest BCUT2D eigenvalue weighted by Gasteiger charge is -2.36. The highest BCUT2D eigenvalue weighted by atomic mass is 32.2. The van der Waals surface area contributed by atoms with Crippen molar-refractivity contribution in [3.05, 3.63) is 75.9 Å². The Labute approximate surface area is 207 Å². The molecule has 1 amide bonds. The normalized spacial score (nSPS) is 19.2. The molecule has 3 heterocycles. The number of hydrogen-bond acceptors (Lipinski definition) is 7. The Balaban J connectivity index is 1.61. The van der Waals surface area contributed by atoms with Gasteiger partial charge in [0.1, 0.15) is 6.04 Å². The Morgan fingerprint density at radius 2 is 2.03 bits per heavy atom. The van der Waals surface area contributed by atoms with Crippen LogP contribution in [0.2, 0.25) is 0 Å². The summed E-state index contributed by atoms with van der Waals surface area (Å²) in [6.45, 7) is 6.14. The van der Waals surface area contributed by atoms with E-state index < -0.39 is 6.04 Å². The van der Waals surface area contributed by atoms with Crippen LogP contribution in [-0.2, 0) is 9.59 Å². The number of nitrogens with one attached hydrogen (secondary N) is 1. The number of aromatic nitrogens is 2. The Morgan fingerprint density at radius 3 is 2.79 bits per heavy atom. The molecule has 1 atom stereocenters. The SMILES string of the molecule is Cc1ccnc(SCC(=O)N2c3ccccc3NC3=C(C(=O)CC(C)(C)C3)[C@H]2c2cccs2)n1. The van der Waals surface area contributed by atoms with Crippen molar-refractivity contribution in [3.8, 4) is 0 Å². The Hall–Kier alpha value is -2.97. The number of fused-ring (bicyclic) bond motifs is 1. The maximum atomic E-state index is 13.9. The summed E-state index contributed by atoms with van der Waals surface area (Å²) in [7, 11) is 0. The summed E-state index contributed by atoms with van der Waals surface area (Å²) in [6.07, 6.45) is 2.91. The fraction of sp³-hybridized carbons (Fsp3) is 0.308. The van der Waals surface area contributed by atoms with Gasteiger partial charge in [0, 0.05) is 34.5 Å². The maximum Gasteiger partial charge on any atom is 0.238 e. The van der Waals surface area contributed by atoms with E-state index in [0.29, 0.717) is 17.2 Å². The third kappa shape index (κ3) is 4.40. The first-order valence-electron chi connectivity index (χ1n) is 11.2. The van der Waals surface area contributed by atoms with Crippen LogP contribution in [0.1, 0.15) is 43.3 Å². The number of thiophene rings is 1. The molecule has 0 unspecified atom stereocenters. The number of hydrogen-bond donors (Lipinski definition) is 1. The lowest BCUT2D eigenvalue weighted by Crippen LogP contribution is -2.40. The molecule has 1 aliphatic heterocycles. The summed E-state index contributed by atoms with van der Waals surface area (Å²) in [5.41, 5.74) is 3.94. The standard InChI is InChI=1S/C26H26N4O2S2/c1-16-10-11-27-25(28-16)34-15-22(32)30-19-8-5-4-7-17(19)29-18-13-26(2,3)14-20(31)23(18)24(30)21-9-6-12-33-21/h4-12,24,29H,13-15H2,1-3H3/t24-/m1/s1. The summed E-state index contributed by atoms with van der Waals surface area (Å²) in [5.74, 6) is 0.175. The molecule has 174 valence electrons. The molecule has 0 fully saturated rings. The van der Waals surface area contributed by atoms with Crippen LogP contribution in [0.25, 0.3) is 0 Å². The summed E-state index contributed by atoms with van der Waals surface area (Å²) in [6, 6.07) is 13.1. The number of benzene rings is 1. The minimum Gasteiger partial charge on any atom is -0.357 e. The van der Waals surface area contributed by atoms with Crippen molar-refractivity contribution < 1.29 is 9.59 Å². The predicted molar refractivity (Wildman–Crippen MR) is 137 cm³/mol. The Kier molecular flexibility index (Phi) is 6.04. The molecule has 8 heteroatoms. The third-order valence-electron chi connectivity index (χ3n) is 6.08. The van der Waals surface area contributed by atoms with Gasteiger partial charge in [0.15, 0.2) is 10.9 Å². The van der Waals surface area contributed by atoms with Crippen LogP contribution < -0.4 is 10.2 Å². The van der Waals surface area contributed by atoms with Crippen molar-refractivity contribution in [2.75, 3.05) is 16.0 Å². The van der Waals surface area contributed by atoms with Gasteiger partial charge >= 0.3 is 0 Å². The Bertz CT molecular complexity index is 1280. The highest BCUT2D eigenvalue weighted by Gasteiger charge is 2.43. The van der Waals surface area contributed by atoms with Gasteiger partial charge < -0.3 is 5.32 Å². The minimum absolute atomic E-state index is 0.0888. The molecule has 1 N–H and O–H groups in total. The molecule has 0 bridgehead atoms. The van der Waals surface area contributed by atoms with Crippen LogP contribution in [0, 0.1) is 12.3 Å². The van der Waals surface area contributed by atoms with Crippen LogP contribution in [0.15, 0.2) is 70.5 Å². The van der Waals surface area contributed by atoms with E-state index >= 15 is 0 Å². The van der Waals surface area contributed by atoms with Crippen LogP contribution in [0.5, 0.6) is 0 Å². The molecule has 1 aliphatic carbocycles. The third-order valence-corrected chi connectivity index (χ3v) is 7.85. The van der Waals surface area contributed by atoms with E-state index in [4.69, 9.17) is 0 Å². The number of anilines is 2. The molecule has 2 aliphatic rings. The number of thioether (sulfide) groups is 1. The zero-order valence-corrected chi connectivity index (χ0v) is 21.0. The summed E-state index contributed by atoms with van der Waals surface area (Å²) in [5, 5.41) is 6.11. The number of ketones is 1. The van der Waals surface area contributed by atoms with Gasteiger partial charge in [-0.25, -0.2) is 9.97 Å². The van der Waals surface area contributed by atoms with E-state index in [0.717, 1.165) is 34.1 Å².